The van der Waals surface area contributed by atoms with E-state index in [0.29, 0.717) is 36.5 Å². The summed E-state index contributed by atoms with van der Waals surface area (Å²) in [5.74, 6) is -2.40. The van der Waals surface area contributed by atoms with E-state index in [-0.39, 0.29) is 22.3 Å². The number of allylic oxidation sites excluding steroid dienone is 12. The van der Waals surface area contributed by atoms with E-state index in [2.05, 4.69) is 39.5 Å². The van der Waals surface area contributed by atoms with E-state index in [1.54, 1.807) is 6.92 Å². The molecule has 0 fully saturated rings. The van der Waals surface area contributed by atoms with Gasteiger partial charge in [-0.15, -0.1) is 0 Å². The molecule has 33 heavy (non-hydrogen) atoms. The fraction of sp³-hybridized carbons (Fsp3) is 0.310. The first-order chi connectivity index (χ1) is 15.3. The molecule has 0 saturated carbocycles. The van der Waals surface area contributed by atoms with Crippen LogP contribution in [0.1, 0.15) is 40.5 Å². The van der Waals surface area contributed by atoms with Crippen molar-refractivity contribution < 1.29 is 17.9 Å². The first-order valence-corrected chi connectivity index (χ1v) is 10.8. The Morgan fingerprint density at radius 1 is 0.848 bits per heavy atom. The number of halogens is 3. The minimum absolute atomic E-state index is 0.0498. The minimum Gasteiger partial charge on any atom is -0.373 e. The molecule has 0 heterocycles. The van der Waals surface area contributed by atoms with Crippen molar-refractivity contribution in [3.05, 3.63) is 121 Å². The molecule has 180 valence electrons. The Bertz CT molecular complexity index is 907. The molecular weight excluding hydrogens is 421 g/mol. The molecule has 0 aliphatic heterocycles. The van der Waals surface area contributed by atoms with E-state index in [9.17, 15) is 13.2 Å². The zero-order valence-electron chi connectivity index (χ0n) is 20.4. The van der Waals surface area contributed by atoms with Crippen LogP contribution in [-0.2, 0) is 4.74 Å². The predicted molar refractivity (Wildman–Crippen MR) is 137 cm³/mol. The molecule has 0 aromatic carbocycles. The third-order valence-electron chi connectivity index (χ3n) is 4.68. The van der Waals surface area contributed by atoms with Crippen LogP contribution in [0.4, 0.5) is 13.2 Å². The van der Waals surface area contributed by atoms with Crippen LogP contribution in [-0.4, -0.2) is 12.7 Å². The van der Waals surface area contributed by atoms with Crippen molar-refractivity contribution in [3.63, 3.8) is 0 Å². The van der Waals surface area contributed by atoms with E-state index >= 15 is 0 Å². The highest BCUT2D eigenvalue weighted by Gasteiger charge is 2.15. The molecule has 1 unspecified atom stereocenters. The Labute approximate surface area is 198 Å². The van der Waals surface area contributed by atoms with Gasteiger partial charge in [0.1, 0.15) is 5.83 Å². The molecule has 0 aromatic rings. The molecule has 0 bridgehead atoms. The summed E-state index contributed by atoms with van der Waals surface area (Å²) in [5.41, 5.74) is 0.836. The summed E-state index contributed by atoms with van der Waals surface area (Å²) in [5, 5.41) is 0. The summed E-state index contributed by atoms with van der Waals surface area (Å²) in [4.78, 5) is 0. The lowest BCUT2D eigenvalue weighted by molar-refractivity contribution is 0.0693. The van der Waals surface area contributed by atoms with Gasteiger partial charge in [0.25, 0.3) is 0 Å². The molecule has 0 spiro atoms. The summed E-state index contributed by atoms with van der Waals surface area (Å²) in [6.07, 6.45) is 8.14. The topological polar surface area (TPSA) is 9.23 Å². The largest absolute Gasteiger partial charge is 0.373 e. The Morgan fingerprint density at radius 3 is 1.97 bits per heavy atom. The first-order valence-electron chi connectivity index (χ1n) is 10.8. The van der Waals surface area contributed by atoms with Crippen molar-refractivity contribution in [1.29, 1.82) is 0 Å². The van der Waals surface area contributed by atoms with Gasteiger partial charge in [-0.25, -0.2) is 13.2 Å². The SMILES string of the molecule is C=C(/C=C\C(=C)C(=C)/C(F)=C(/F)C(=C)CC/C=C/C)C(=C)/C=C(/F)C(=C)C(C)OCC(C)C. The quantitative estimate of drug-likeness (QED) is 0.175. The molecule has 0 rings (SSSR count). The maximum absolute atomic E-state index is 14.5. The Morgan fingerprint density at radius 2 is 1.42 bits per heavy atom. The Kier molecular flexibility index (Phi) is 13.8. The van der Waals surface area contributed by atoms with E-state index in [0.717, 1.165) is 0 Å². The molecule has 4 heteroatoms. The first kappa shape index (κ1) is 30.2. The summed E-state index contributed by atoms with van der Waals surface area (Å²) in [7, 11) is 0. The lowest BCUT2D eigenvalue weighted by Gasteiger charge is -2.16. The number of hydrogen-bond acceptors (Lipinski definition) is 1. The van der Waals surface area contributed by atoms with Gasteiger partial charge < -0.3 is 4.74 Å². The van der Waals surface area contributed by atoms with Crippen molar-refractivity contribution in [1.82, 2.24) is 0 Å². The summed E-state index contributed by atoms with van der Waals surface area (Å²) < 4.78 is 48.8. The van der Waals surface area contributed by atoms with Crippen molar-refractivity contribution in [3.8, 4) is 0 Å². The van der Waals surface area contributed by atoms with Crippen LogP contribution in [0.15, 0.2) is 121 Å². The molecule has 1 atom stereocenters. The van der Waals surface area contributed by atoms with Crippen LogP contribution < -0.4 is 0 Å². The van der Waals surface area contributed by atoms with Gasteiger partial charge in [0.15, 0.2) is 11.7 Å². The van der Waals surface area contributed by atoms with E-state index < -0.39 is 23.6 Å². The summed E-state index contributed by atoms with van der Waals surface area (Å²) >= 11 is 0. The maximum atomic E-state index is 14.5. The number of hydrogen-bond donors (Lipinski definition) is 0. The molecule has 0 aliphatic carbocycles. The third-order valence-corrected chi connectivity index (χ3v) is 4.68. The second kappa shape index (κ2) is 15.1. The van der Waals surface area contributed by atoms with Crippen LogP contribution in [0.2, 0.25) is 0 Å². The fourth-order valence-electron chi connectivity index (χ4n) is 2.34. The van der Waals surface area contributed by atoms with Gasteiger partial charge >= 0.3 is 0 Å². The van der Waals surface area contributed by atoms with Gasteiger partial charge in [0.05, 0.1) is 6.10 Å². The van der Waals surface area contributed by atoms with Crippen molar-refractivity contribution in [2.24, 2.45) is 5.92 Å². The van der Waals surface area contributed by atoms with Crippen LogP contribution >= 0.6 is 0 Å². The Hall–Kier alpha value is -2.85. The van der Waals surface area contributed by atoms with Crippen LogP contribution in [0.25, 0.3) is 0 Å². The highest BCUT2D eigenvalue weighted by Crippen LogP contribution is 2.29. The maximum Gasteiger partial charge on any atom is 0.166 e. The molecule has 0 N–H and O–H groups in total. The van der Waals surface area contributed by atoms with Gasteiger partial charge in [-0.1, -0.05) is 77.6 Å². The van der Waals surface area contributed by atoms with Crippen LogP contribution in [0, 0.1) is 5.92 Å². The molecule has 0 saturated heterocycles. The van der Waals surface area contributed by atoms with Gasteiger partial charge in [-0.2, -0.15) is 0 Å². The zero-order valence-corrected chi connectivity index (χ0v) is 20.4. The highest BCUT2D eigenvalue weighted by molar-refractivity contribution is 5.53. The van der Waals surface area contributed by atoms with E-state index in [1.807, 2.05) is 32.9 Å². The standard InChI is InChI=1S/C29H37F3O/c1-11-12-13-14-22(6)28(31)29(32)24(8)21(5)16-15-20(4)23(7)17-27(30)25(9)26(10)33-18-19(2)3/h11-12,15-17,19,26H,4-9,13-14,18H2,1-3,10H3/b12-11+,16-15-,27-17+,29-28-. The van der Waals surface area contributed by atoms with Gasteiger partial charge in [-0.05, 0) is 61.0 Å². The molecule has 0 radical (unpaired) electrons. The normalized spacial score (nSPS) is 13.9. The summed E-state index contributed by atoms with van der Waals surface area (Å²) in [6, 6.07) is 0. The van der Waals surface area contributed by atoms with Crippen molar-refractivity contribution in [2.75, 3.05) is 6.61 Å². The second-order valence-corrected chi connectivity index (χ2v) is 8.11. The lowest BCUT2D eigenvalue weighted by Crippen LogP contribution is -2.15. The predicted octanol–water partition coefficient (Wildman–Crippen LogP) is 9.30. The number of ether oxygens (including phenoxy) is 1. The molecule has 0 aliphatic rings. The molecular formula is C29H37F3O. The molecule has 0 aromatic heterocycles. The average Bonchev–Trinajstić information content (AvgIpc) is 2.78. The smallest absolute Gasteiger partial charge is 0.166 e. The third kappa shape index (κ3) is 11.0. The Balaban J connectivity index is 5.15. The lowest BCUT2D eigenvalue weighted by atomic mass is 10.0. The van der Waals surface area contributed by atoms with E-state index in [4.69, 9.17) is 4.74 Å². The van der Waals surface area contributed by atoms with Gasteiger partial charge in [0, 0.05) is 17.8 Å². The van der Waals surface area contributed by atoms with Gasteiger partial charge in [0.2, 0.25) is 0 Å². The minimum atomic E-state index is -1.11. The van der Waals surface area contributed by atoms with Crippen molar-refractivity contribution in [2.45, 2.75) is 46.6 Å². The second-order valence-electron chi connectivity index (χ2n) is 8.11. The van der Waals surface area contributed by atoms with Crippen molar-refractivity contribution >= 4 is 0 Å². The fourth-order valence-corrected chi connectivity index (χ4v) is 2.34. The monoisotopic (exact) mass is 458 g/mol. The highest BCUT2D eigenvalue weighted by atomic mass is 19.2. The average molecular weight is 459 g/mol. The molecule has 1 nitrogen and oxygen atoms in total. The summed E-state index contributed by atoms with van der Waals surface area (Å²) in [6.45, 7) is 30.3. The van der Waals surface area contributed by atoms with E-state index in [1.165, 1.54) is 18.2 Å². The molecule has 0 amide bonds. The van der Waals surface area contributed by atoms with Crippen LogP contribution in [0.3, 0.4) is 0 Å². The zero-order chi connectivity index (χ0) is 25.7. The van der Waals surface area contributed by atoms with Crippen LogP contribution in [0.5, 0.6) is 0 Å². The van der Waals surface area contributed by atoms with Gasteiger partial charge in [-0.3, -0.25) is 0 Å². The number of rotatable bonds is 15.